The second kappa shape index (κ2) is 9.73. The minimum atomic E-state index is -0.576. The fraction of sp³-hybridized carbons (Fsp3) is 0.360. The number of hydrogen-bond donors (Lipinski definition) is 2. The van der Waals surface area contributed by atoms with Crippen LogP contribution in [0.15, 0.2) is 66.7 Å². The Labute approximate surface area is 178 Å². The van der Waals surface area contributed by atoms with Gasteiger partial charge in [-0.25, -0.2) is 0 Å². The molecule has 154 valence electrons. The third-order valence-corrected chi connectivity index (χ3v) is 5.37. The average Bonchev–Trinajstić information content (AvgIpc) is 2.70. The van der Waals surface area contributed by atoms with Crippen molar-refractivity contribution in [2.45, 2.75) is 44.9 Å². The van der Waals surface area contributed by atoms with Crippen LogP contribution in [0.2, 0.25) is 5.02 Å². The van der Waals surface area contributed by atoms with Crippen LogP contribution in [0.3, 0.4) is 0 Å². The number of benzene rings is 3. The van der Waals surface area contributed by atoms with Crippen LogP contribution in [0.25, 0.3) is 10.8 Å². The third-order valence-electron chi connectivity index (χ3n) is 5.13. The summed E-state index contributed by atoms with van der Waals surface area (Å²) in [5.41, 5.74) is 2.15. The molecular weight excluding hydrogens is 382 g/mol. The standard InChI is InChI=1S/C25H30ClNO2/c1-18(21-9-6-10-23(26)14-21)29-17-24(28)16-27-25(2,3)15-19-11-12-20-7-4-5-8-22(20)13-19/h4-14,18,24,27-28H,15-17H2,1-3H3. The fourth-order valence-corrected chi connectivity index (χ4v) is 3.68. The van der Waals surface area contributed by atoms with Crippen LogP contribution in [0.1, 0.15) is 38.0 Å². The zero-order chi connectivity index (χ0) is 20.9. The summed E-state index contributed by atoms with van der Waals surface area (Å²) in [5.74, 6) is 0. The Kier molecular flexibility index (Phi) is 7.31. The number of hydrogen-bond acceptors (Lipinski definition) is 3. The number of nitrogens with one attached hydrogen (secondary N) is 1. The maximum absolute atomic E-state index is 10.4. The van der Waals surface area contributed by atoms with Crippen molar-refractivity contribution in [1.82, 2.24) is 5.32 Å². The van der Waals surface area contributed by atoms with Crippen molar-refractivity contribution in [2.24, 2.45) is 0 Å². The summed E-state index contributed by atoms with van der Waals surface area (Å²) in [6, 6.07) is 22.6. The molecule has 3 nitrogen and oxygen atoms in total. The van der Waals surface area contributed by atoms with E-state index in [1.165, 1.54) is 16.3 Å². The van der Waals surface area contributed by atoms with E-state index >= 15 is 0 Å². The maximum atomic E-state index is 10.4. The van der Waals surface area contributed by atoms with Crippen LogP contribution in [-0.2, 0) is 11.2 Å². The SMILES string of the molecule is CC(OCC(O)CNC(C)(C)Cc1ccc2ccccc2c1)c1cccc(Cl)c1. The Morgan fingerprint density at radius 1 is 1.00 bits per heavy atom. The first kappa shape index (κ1) is 21.8. The summed E-state index contributed by atoms with van der Waals surface area (Å²) in [7, 11) is 0. The second-order valence-corrected chi connectivity index (χ2v) is 8.74. The van der Waals surface area contributed by atoms with Crippen molar-refractivity contribution >= 4 is 22.4 Å². The first-order chi connectivity index (χ1) is 13.8. The molecule has 0 heterocycles. The van der Waals surface area contributed by atoms with Crippen LogP contribution in [0.4, 0.5) is 0 Å². The molecule has 0 aliphatic carbocycles. The Morgan fingerprint density at radius 3 is 2.52 bits per heavy atom. The van der Waals surface area contributed by atoms with E-state index in [4.69, 9.17) is 16.3 Å². The third kappa shape index (κ3) is 6.55. The van der Waals surface area contributed by atoms with Gasteiger partial charge in [-0.2, -0.15) is 0 Å². The first-order valence-electron chi connectivity index (χ1n) is 10.1. The minimum Gasteiger partial charge on any atom is -0.389 e. The molecule has 0 aliphatic heterocycles. The van der Waals surface area contributed by atoms with Gasteiger partial charge in [0.1, 0.15) is 0 Å². The number of rotatable bonds is 9. The van der Waals surface area contributed by atoms with Crippen molar-refractivity contribution in [3.05, 3.63) is 82.9 Å². The fourth-order valence-electron chi connectivity index (χ4n) is 3.49. The van der Waals surface area contributed by atoms with Crippen LogP contribution in [0, 0.1) is 0 Å². The molecule has 29 heavy (non-hydrogen) atoms. The molecule has 2 unspecified atom stereocenters. The highest BCUT2D eigenvalue weighted by Crippen LogP contribution is 2.21. The van der Waals surface area contributed by atoms with Crippen molar-refractivity contribution in [1.29, 1.82) is 0 Å². The van der Waals surface area contributed by atoms with Gasteiger partial charge in [0.25, 0.3) is 0 Å². The Balaban J connectivity index is 1.48. The highest BCUT2D eigenvalue weighted by molar-refractivity contribution is 6.30. The maximum Gasteiger partial charge on any atom is 0.0898 e. The summed E-state index contributed by atoms with van der Waals surface area (Å²) in [6.45, 7) is 7.03. The smallest absolute Gasteiger partial charge is 0.0898 e. The van der Waals surface area contributed by atoms with E-state index in [1.54, 1.807) is 0 Å². The van der Waals surface area contributed by atoms with E-state index in [0.29, 0.717) is 11.6 Å². The molecule has 0 aromatic heterocycles. The predicted octanol–water partition coefficient (Wildman–Crippen LogP) is 5.54. The molecule has 0 saturated carbocycles. The summed E-state index contributed by atoms with van der Waals surface area (Å²) in [6.07, 6.45) is 0.186. The Hall–Kier alpha value is -1.91. The molecule has 0 saturated heterocycles. The summed E-state index contributed by atoms with van der Waals surface area (Å²) in [5, 5.41) is 17.0. The van der Waals surface area contributed by atoms with Gasteiger partial charge in [0, 0.05) is 17.1 Å². The van der Waals surface area contributed by atoms with E-state index in [0.717, 1.165) is 12.0 Å². The van der Waals surface area contributed by atoms with Crippen LogP contribution < -0.4 is 5.32 Å². The minimum absolute atomic E-state index is 0.117. The van der Waals surface area contributed by atoms with Crippen LogP contribution in [0.5, 0.6) is 0 Å². The molecule has 0 radical (unpaired) electrons. The van der Waals surface area contributed by atoms with Gasteiger partial charge >= 0.3 is 0 Å². The van der Waals surface area contributed by atoms with Gasteiger partial charge in [0.15, 0.2) is 0 Å². The summed E-state index contributed by atoms with van der Waals surface area (Å²) in [4.78, 5) is 0. The molecule has 2 N–H and O–H groups in total. The van der Waals surface area contributed by atoms with Gasteiger partial charge < -0.3 is 15.2 Å². The highest BCUT2D eigenvalue weighted by atomic mass is 35.5. The van der Waals surface area contributed by atoms with Gasteiger partial charge in [-0.3, -0.25) is 0 Å². The molecule has 2 atom stereocenters. The number of aliphatic hydroxyl groups is 1. The quantitative estimate of drug-likeness (QED) is 0.485. The lowest BCUT2D eigenvalue weighted by atomic mass is 9.93. The van der Waals surface area contributed by atoms with Crippen molar-refractivity contribution in [3.63, 3.8) is 0 Å². The van der Waals surface area contributed by atoms with E-state index in [9.17, 15) is 5.11 Å². The molecule has 3 aromatic rings. The number of ether oxygens (including phenoxy) is 1. The molecule has 0 aliphatic rings. The van der Waals surface area contributed by atoms with Crippen LogP contribution >= 0.6 is 11.6 Å². The lowest BCUT2D eigenvalue weighted by Gasteiger charge is -2.28. The van der Waals surface area contributed by atoms with Gasteiger partial charge in [0.2, 0.25) is 0 Å². The topological polar surface area (TPSA) is 41.5 Å². The van der Waals surface area contributed by atoms with Crippen molar-refractivity contribution in [3.8, 4) is 0 Å². The van der Waals surface area contributed by atoms with Crippen LogP contribution in [-0.4, -0.2) is 29.9 Å². The first-order valence-corrected chi connectivity index (χ1v) is 10.5. The van der Waals surface area contributed by atoms with Gasteiger partial charge in [-0.05, 0) is 61.2 Å². The molecular formula is C25H30ClNO2. The molecule has 0 amide bonds. The molecule has 3 aromatic carbocycles. The lowest BCUT2D eigenvalue weighted by molar-refractivity contribution is -0.00417. The lowest BCUT2D eigenvalue weighted by Crippen LogP contribution is -2.46. The van der Waals surface area contributed by atoms with E-state index in [2.05, 4.69) is 61.6 Å². The number of aliphatic hydroxyl groups excluding tert-OH is 1. The van der Waals surface area contributed by atoms with Gasteiger partial charge in [-0.1, -0.05) is 66.2 Å². The number of fused-ring (bicyclic) bond motifs is 1. The highest BCUT2D eigenvalue weighted by Gasteiger charge is 2.20. The predicted molar refractivity (Wildman–Crippen MR) is 122 cm³/mol. The molecule has 0 bridgehead atoms. The molecule has 4 heteroatoms. The Morgan fingerprint density at radius 2 is 1.76 bits per heavy atom. The molecule has 3 rings (SSSR count). The zero-order valence-corrected chi connectivity index (χ0v) is 18.1. The average molecular weight is 412 g/mol. The number of halogens is 1. The summed E-state index contributed by atoms with van der Waals surface area (Å²) >= 11 is 6.04. The number of β-amino-alcohol motifs (C(OH)–C–C–N with tert-alkyl or cyclic N) is 1. The van der Waals surface area contributed by atoms with Gasteiger partial charge in [0.05, 0.1) is 18.8 Å². The van der Waals surface area contributed by atoms with Crippen molar-refractivity contribution < 1.29 is 9.84 Å². The summed E-state index contributed by atoms with van der Waals surface area (Å²) < 4.78 is 5.83. The van der Waals surface area contributed by atoms with E-state index in [-0.39, 0.29) is 18.2 Å². The molecule has 0 spiro atoms. The second-order valence-electron chi connectivity index (χ2n) is 8.31. The Bertz CT molecular complexity index is 941. The monoisotopic (exact) mass is 411 g/mol. The zero-order valence-electron chi connectivity index (χ0n) is 17.4. The van der Waals surface area contributed by atoms with Crippen molar-refractivity contribution in [2.75, 3.05) is 13.2 Å². The van der Waals surface area contributed by atoms with Gasteiger partial charge in [-0.15, -0.1) is 0 Å². The molecule has 0 fully saturated rings. The largest absolute Gasteiger partial charge is 0.389 e. The van der Waals surface area contributed by atoms with E-state index in [1.807, 2.05) is 31.2 Å². The normalized spacial score (nSPS) is 14.1. The van der Waals surface area contributed by atoms with E-state index < -0.39 is 6.10 Å².